The minimum absolute atomic E-state index is 0. The average Bonchev–Trinajstić information content (AvgIpc) is 2.51. The quantitative estimate of drug-likeness (QED) is 0.245. The predicted molar refractivity (Wildman–Crippen MR) is 105 cm³/mol. The average molecular weight is 450 g/mol. The molecule has 0 spiro atoms. The molecule has 8 nitrogen and oxygen atoms in total. The van der Waals surface area contributed by atoms with E-state index in [0.717, 1.165) is 0 Å². The van der Waals surface area contributed by atoms with Crippen LogP contribution in [-0.4, -0.2) is 57.1 Å². The summed E-state index contributed by atoms with van der Waals surface area (Å²) in [5.74, 6) is -2.99. The van der Waals surface area contributed by atoms with E-state index in [1.165, 1.54) is 13.8 Å². The molecule has 0 aromatic rings. The van der Waals surface area contributed by atoms with Crippen LogP contribution in [0.2, 0.25) is 0 Å². The van der Waals surface area contributed by atoms with Gasteiger partial charge < -0.3 is 24.1 Å². The zero-order valence-corrected chi connectivity index (χ0v) is 19.8. The van der Waals surface area contributed by atoms with Crippen molar-refractivity contribution in [3.63, 3.8) is 0 Å². The number of carbonyl (C=O) groups excluding carboxylic acids is 6. The number of Topliss-reactive ketones (excluding diaryl/α,β-unsaturated/α-hetero) is 6. The third kappa shape index (κ3) is 46.6. The van der Waals surface area contributed by atoms with Crippen LogP contribution in [0.3, 0.4) is 0 Å². The van der Waals surface area contributed by atoms with E-state index in [-0.39, 0.29) is 71.2 Å². The maximum absolute atomic E-state index is 10.6. The molecule has 0 rings (SSSR count). The van der Waals surface area contributed by atoms with Gasteiger partial charge in [-0.15, -0.1) is 12.8 Å². The Hall–Kier alpha value is -1.35. The van der Waals surface area contributed by atoms with Crippen LogP contribution in [0, 0.1) is 13.8 Å². The molecular formula is C20H34O8Ti. The van der Waals surface area contributed by atoms with Gasteiger partial charge in [0.1, 0.15) is 11.6 Å². The van der Waals surface area contributed by atoms with Gasteiger partial charge in [0.25, 0.3) is 0 Å². The van der Waals surface area contributed by atoms with Gasteiger partial charge in [0, 0.05) is 12.2 Å². The molecule has 0 saturated carbocycles. The monoisotopic (exact) mass is 450 g/mol. The topological polar surface area (TPSA) is 143 Å². The van der Waals surface area contributed by atoms with E-state index >= 15 is 0 Å². The Balaban J connectivity index is -0.0000000950. The second kappa shape index (κ2) is 24.7. The van der Waals surface area contributed by atoms with Gasteiger partial charge >= 0.3 is 21.7 Å². The smallest absolute Gasteiger partial charge is 0.394 e. The van der Waals surface area contributed by atoms with Crippen LogP contribution >= 0.6 is 0 Å². The first-order valence-electron chi connectivity index (χ1n) is 8.67. The molecule has 2 N–H and O–H groups in total. The van der Waals surface area contributed by atoms with Gasteiger partial charge in [0.05, 0.1) is 12.8 Å². The molecule has 0 atom stereocenters. The normalized spacial score (nSPS) is 8.69. The van der Waals surface area contributed by atoms with Crippen LogP contribution in [0.1, 0.15) is 67.2 Å². The second-order valence-electron chi connectivity index (χ2n) is 6.14. The fraction of sp³-hybridized carbons (Fsp3) is 0.600. The van der Waals surface area contributed by atoms with Crippen LogP contribution < -0.4 is 0 Å². The van der Waals surface area contributed by atoms with E-state index in [0.29, 0.717) is 0 Å². The third-order valence-corrected chi connectivity index (χ3v) is 1.90. The minimum Gasteiger partial charge on any atom is -0.394 e. The Morgan fingerprint density at radius 3 is 0.897 bits per heavy atom. The summed E-state index contributed by atoms with van der Waals surface area (Å²) in [4.78, 5) is 62.7. The molecule has 0 saturated heterocycles. The summed E-state index contributed by atoms with van der Waals surface area (Å²) in [6.07, 6.45) is -1.03. The van der Waals surface area contributed by atoms with Gasteiger partial charge in [-0.25, -0.2) is 0 Å². The van der Waals surface area contributed by atoms with Gasteiger partial charge in [-0.2, -0.15) is 0 Å². The van der Waals surface area contributed by atoms with Crippen LogP contribution in [-0.2, 0) is 50.5 Å². The molecule has 0 radical (unpaired) electrons. The minimum atomic E-state index is -0.637. The Bertz CT molecular complexity index is 459. The Kier molecular flexibility index (Phi) is 32.6. The van der Waals surface area contributed by atoms with Gasteiger partial charge in [-0.05, 0) is 41.5 Å². The summed E-state index contributed by atoms with van der Waals surface area (Å²) in [6.45, 7) is 15.9. The van der Waals surface area contributed by atoms with Crippen LogP contribution in [0.25, 0.3) is 0 Å². The largest absolute Gasteiger partial charge is 2.00 e. The molecule has 0 unspecified atom stereocenters. The van der Waals surface area contributed by atoms with E-state index in [4.69, 9.17) is 10.2 Å². The SMILES string of the molecule is CC(C)O.CC(C)O.[CH2-]CC(=O)C(=O)CC(C)=O.[CH2-]CC(=O)C(=O)CC(C)=O.[Ti+2]. The van der Waals surface area contributed by atoms with Crippen LogP contribution in [0.4, 0.5) is 0 Å². The summed E-state index contributed by atoms with van der Waals surface area (Å²) in [6, 6.07) is 0. The van der Waals surface area contributed by atoms with E-state index in [2.05, 4.69) is 13.8 Å². The summed E-state index contributed by atoms with van der Waals surface area (Å²) in [5, 5.41) is 16.1. The van der Waals surface area contributed by atoms with Gasteiger partial charge in [0.15, 0.2) is 11.6 Å². The van der Waals surface area contributed by atoms with Crippen molar-refractivity contribution in [2.75, 3.05) is 0 Å². The molecule has 0 fully saturated rings. The molecular weight excluding hydrogens is 416 g/mol. The van der Waals surface area contributed by atoms with Crippen LogP contribution in [0.5, 0.6) is 0 Å². The third-order valence-electron chi connectivity index (χ3n) is 1.90. The zero-order valence-electron chi connectivity index (χ0n) is 18.2. The van der Waals surface area contributed by atoms with Gasteiger partial charge in [-0.1, -0.05) is 0 Å². The number of hydrogen-bond donors (Lipinski definition) is 2. The summed E-state index contributed by atoms with van der Waals surface area (Å²) >= 11 is 0. The molecule has 9 heteroatoms. The number of rotatable bonds is 8. The van der Waals surface area contributed by atoms with E-state index in [1.807, 2.05) is 0 Å². The van der Waals surface area contributed by atoms with Crippen molar-refractivity contribution in [1.29, 1.82) is 0 Å². The number of ketones is 6. The molecule has 0 aliphatic heterocycles. The predicted octanol–water partition coefficient (Wildman–Crippen LogP) is 1.43. The van der Waals surface area contributed by atoms with E-state index < -0.39 is 23.1 Å². The molecule has 0 aliphatic carbocycles. The van der Waals surface area contributed by atoms with Crippen molar-refractivity contribution in [3.8, 4) is 0 Å². The van der Waals surface area contributed by atoms with Gasteiger partial charge in [0.2, 0.25) is 11.6 Å². The fourth-order valence-electron chi connectivity index (χ4n) is 0.928. The van der Waals surface area contributed by atoms with Crippen molar-refractivity contribution in [3.05, 3.63) is 13.8 Å². The Morgan fingerprint density at radius 1 is 0.621 bits per heavy atom. The zero-order chi connectivity index (χ0) is 23.4. The molecule has 0 amide bonds. The standard InChI is InChI=1S/2C7H9O3.2C3H8O.Ti/c2*1-3-6(9)7(10)4-5(2)8;2*1-3(2)4;/h2*1,3-4H2,2H3;2*3-4H,1-2H3;/q2*-1;;;+2. The molecule has 166 valence electrons. The summed E-state index contributed by atoms with van der Waals surface area (Å²) in [7, 11) is 0. The van der Waals surface area contributed by atoms with Gasteiger partial charge in [-0.3, -0.25) is 28.8 Å². The van der Waals surface area contributed by atoms with E-state index in [1.54, 1.807) is 27.7 Å². The summed E-state index contributed by atoms with van der Waals surface area (Å²) < 4.78 is 0. The number of aliphatic hydroxyl groups is 2. The van der Waals surface area contributed by atoms with Crippen molar-refractivity contribution < 1.29 is 60.7 Å². The molecule has 0 aromatic heterocycles. The van der Waals surface area contributed by atoms with Crippen molar-refractivity contribution >= 4 is 34.7 Å². The van der Waals surface area contributed by atoms with Crippen molar-refractivity contribution in [2.45, 2.75) is 79.4 Å². The summed E-state index contributed by atoms with van der Waals surface area (Å²) in [5.41, 5.74) is 0. The molecule has 29 heavy (non-hydrogen) atoms. The maximum Gasteiger partial charge on any atom is 2.00 e. The maximum atomic E-state index is 10.6. The second-order valence-corrected chi connectivity index (χ2v) is 6.14. The first kappa shape index (κ1) is 38.3. The fourth-order valence-corrected chi connectivity index (χ4v) is 0.928. The molecule has 0 aliphatic rings. The Morgan fingerprint density at radius 2 is 0.793 bits per heavy atom. The molecule has 0 heterocycles. The molecule has 0 aromatic carbocycles. The number of hydrogen-bond acceptors (Lipinski definition) is 8. The van der Waals surface area contributed by atoms with E-state index in [9.17, 15) is 28.8 Å². The Labute approximate surface area is 188 Å². The first-order valence-corrected chi connectivity index (χ1v) is 8.67. The number of carbonyl (C=O) groups is 6. The van der Waals surface area contributed by atoms with Crippen molar-refractivity contribution in [1.82, 2.24) is 0 Å². The van der Waals surface area contributed by atoms with Crippen molar-refractivity contribution in [2.24, 2.45) is 0 Å². The number of aliphatic hydroxyl groups excluding tert-OH is 2. The van der Waals surface area contributed by atoms with Crippen LogP contribution in [0.15, 0.2) is 0 Å². The molecule has 0 bridgehead atoms. The first-order chi connectivity index (χ1) is 12.6.